The van der Waals surface area contributed by atoms with Crippen LogP contribution in [0.4, 0.5) is 8.78 Å². The van der Waals surface area contributed by atoms with Gasteiger partial charge in [-0.25, -0.2) is 9.37 Å². The van der Waals surface area contributed by atoms with Crippen LogP contribution in [0.15, 0.2) is 30.5 Å². The molecule has 1 aromatic carbocycles. The number of benzene rings is 1. The largest absolute Gasteiger partial charge is 0.436 e. The summed E-state index contributed by atoms with van der Waals surface area (Å²) in [6.07, 6.45) is 3.25. The Hall–Kier alpha value is -2.01. The lowest BCUT2D eigenvalue weighted by Gasteiger charge is -2.12. The second-order valence-electron chi connectivity index (χ2n) is 4.99. The molecule has 0 saturated carbocycles. The van der Waals surface area contributed by atoms with Crippen molar-refractivity contribution in [2.75, 3.05) is 0 Å². The van der Waals surface area contributed by atoms with Crippen LogP contribution in [0.1, 0.15) is 24.5 Å². The van der Waals surface area contributed by atoms with E-state index in [0.717, 1.165) is 30.0 Å². The van der Waals surface area contributed by atoms with E-state index in [1.165, 1.54) is 12.1 Å². The van der Waals surface area contributed by atoms with Gasteiger partial charge in [-0.3, -0.25) is 0 Å². The van der Waals surface area contributed by atoms with E-state index in [1.54, 1.807) is 13.1 Å². The van der Waals surface area contributed by atoms with Crippen LogP contribution in [0.5, 0.6) is 11.6 Å². The number of aryl methyl sites for hydroxylation is 1. The molecule has 2 rings (SSSR count). The molecular weight excluding hydrogens is 274 g/mol. The van der Waals surface area contributed by atoms with Crippen molar-refractivity contribution >= 4 is 0 Å². The molecule has 5 heteroatoms. The third-order valence-electron chi connectivity index (χ3n) is 3.23. The van der Waals surface area contributed by atoms with Gasteiger partial charge < -0.3 is 10.5 Å². The number of aromatic nitrogens is 1. The molecule has 0 amide bonds. The normalized spacial score (nSPS) is 12.2. The van der Waals surface area contributed by atoms with Crippen LogP contribution in [0.2, 0.25) is 0 Å². The van der Waals surface area contributed by atoms with E-state index in [2.05, 4.69) is 4.98 Å². The van der Waals surface area contributed by atoms with E-state index >= 15 is 0 Å². The Morgan fingerprint density at radius 3 is 2.76 bits per heavy atom. The Morgan fingerprint density at radius 2 is 2.10 bits per heavy atom. The molecule has 21 heavy (non-hydrogen) atoms. The molecule has 0 aliphatic carbocycles. The van der Waals surface area contributed by atoms with Gasteiger partial charge in [-0.15, -0.1) is 0 Å². The van der Waals surface area contributed by atoms with E-state index in [1.807, 2.05) is 13.0 Å². The number of nitrogens with zero attached hydrogens (tertiary/aromatic N) is 1. The Kier molecular flexibility index (Phi) is 4.85. The molecule has 1 unspecified atom stereocenters. The van der Waals surface area contributed by atoms with Crippen molar-refractivity contribution in [2.45, 2.75) is 32.7 Å². The summed E-state index contributed by atoms with van der Waals surface area (Å²) in [5.74, 6) is -1.89. The lowest BCUT2D eigenvalue weighted by molar-refractivity contribution is 0.403. The summed E-state index contributed by atoms with van der Waals surface area (Å²) in [5, 5.41) is 0. The highest BCUT2D eigenvalue weighted by Gasteiger charge is 2.12. The fraction of sp³-hybridized carbons (Fsp3) is 0.312. The topological polar surface area (TPSA) is 48.1 Å². The van der Waals surface area contributed by atoms with Gasteiger partial charge in [0.25, 0.3) is 0 Å². The molecule has 3 nitrogen and oxygen atoms in total. The molecule has 1 atom stereocenters. The quantitative estimate of drug-likeness (QED) is 0.913. The molecular formula is C16H18F2N2O. The van der Waals surface area contributed by atoms with Gasteiger partial charge in [0, 0.05) is 17.8 Å². The standard InChI is InChI=1S/C16H18F2N2O/c1-3-12(19)8-11-7-10(2)16(20-9-11)21-14-6-4-5-13(17)15(14)18/h4-7,9,12H,3,8,19H2,1-2H3. The van der Waals surface area contributed by atoms with Crippen LogP contribution >= 0.6 is 0 Å². The average Bonchev–Trinajstić information content (AvgIpc) is 2.46. The maximum absolute atomic E-state index is 13.6. The average molecular weight is 292 g/mol. The van der Waals surface area contributed by atoms with Gasteiger partial charge in [-0.05, 0) is 43.5 Å². The second kappa shape index (κ2) is 6.63. The second-order valence-corrected chi connectivity index (χ2v) is 4.99. The number of nitrogens with two attached hydrogens (primary N) is 1. The molecule has 1 heterocycles. The summed E-state index contributed by atoms with van der Waals surface area (Å²) in [5.41, 5.74) is 7.65. The maximum atomic E-state index is 13.6. The van der Waals surface area contributed by atoms with E-state index in [9.17, 15) is 8.78 Å². The molecule has 0 spiro atoms. The van der Waals surface area contributed by atoms with Crippen LogP contribution in [-0.2, 0) is 6.42 Å². The van der Waals surface area contributed by atoms with Crippen LogP contribution in [0, 0.1) is 18.6 Å². The number of hydrogen-bond acceptors (Lipinski definition) is 3. The zero-order valence-corrected chi connectivity index (χ0v) is 12.1. The summed E-state index contributed by atoms with van der Waals surface area (Å²) in [6.45, 7) is 3.83. The van der Waals surface area contributed by atoms with E-state index in [0.29, 0.717) is 0 Å². The van der Waals surface area contributed by atoms with E-state index < -0.39 is 11.6 Å². The van der Waals surface area contributed by atoms with Crippen LogP contribution in [-0.4, -0.2) is 11.0 Å². The predicted molar refractivity (Wildman–Crippen MR) is 77.4 cm³/mol. The van der Waals surface area contributed by atoms with Gasteiger partial charge >= 0.3 is 0 Å². The highest BCUT2D eigenvalue weighted by atomic mass is 19.2. The highest BCUT2D eigenvalue weighted by molar-refractivity contribution is 5.34. The highest BCUT2D eigenvalue weighted by Crippen LogP contribution is 2.27. The van der Waals surface area contributed by atoms with Crippen molar-refractivity contribution in [3.63, 3.8) is 0 Å². The first-order valence-electron chi connectivity index (χ1n) is 6.84. The van der Waals surface area contributed by atoms with Gasteiger partial charge in [-0.1, -0.05) is 13.0 Å². The van der Waals surface area contributed by atoms with Gasteiger partial charge in [-0.2, -0.15) is 4.39 Å². The molecule has 1 aromatic heterocycles. The van der Waals surface area contributed by atoms with Crippen molar-refractivity contribution < 1.29 is 13.5 Å². The minimum atomic E-state index is -1.02. The predicted octanol–water partition coefficient (Wildman–Crippen LogP) is 3.74. The molecule has 0 bridgehead atoms. The molecule has 2 N–H and O–H groups in total. The number of hydrogen-bond donors (Lipinski definition) is 1. The Bertz CT molecular complexity index is 632. The fourth-order valence-electron chi connectivity index (χ4n) is 1.95. The lowest BCUT2D eigenvalue weighted by atomic mass is 10.1. The third kappa shape index (κ3) is 3.76. The van der Waals surface area contributed by atoms with Crippen molar-refractivity contribution in [2.24, 2.45) is 5.73 Å². The first-order valence-corrected chi connectivity index (χ1v) is 6.84. The summed E-state index contributed by atoms with van der Waals surface area (Å²) in [6, 6.07) is 5.77. The molecule has 0 aliphatic heterocycles. The number of ether oxygens (including phenoxy) is 1. The minimum absolute atomic E-state index is 0.0821. The van der Waals surface area contributed by atoms with Gasteiger partial charge in [0.15, 0.2) is 11.6 Å². The van der Waals surface area contributed by atoms with Crippen molar-refractivity contribution in [3.05, 3.63) is 53.2 Å². The fourth-order valence-corrected chi connectivity index (χ4v) is 1.95. The first kappa shape index (κ1) is 15.4. The van der Waals surface area contributed by atoms with Gasteiger partial charge in [0.2, 0.25) is 11.7 Å². The van der Waals surface area contributed by atoms with E-state index in [-0.39, 0.29) is 17.7 Å². The maximum Gasteiger partial charge on any atom is 0.222 e. The van der Waals surface area contributed by atoms with Gasteiger partial charge in [0.1, 0.15) is 0 Å². The Labute approximate surface area is 122 Å². The van der Waals surface area contributed by atoms with Gasteiger partial charge in [0.05, 0.1) is 0 Å². The van der Waals surface area contributed by atoms with E-state index in [4.69, 9.17) is 10.5 Å². The minimum Gasteiger partial charge on any atom is -0.436 e. The summed E-state index contributed by atoms with van der Waals surface area (Å²) < 4.78 is 32.1. The van der Waals surface area contributed by atoms with Crippen LogP contribution < -0.4 is 10.5 Å². The van der Waals surface area contributed by atoms with Crippen molar-refractivity contribution in [1.82, 2.24) is 4.98 Å². The summed E-state index contributed by atoms with van der Waals surface area (Å²) in [4.78, 5) is 4.16. The zero-order valence-electron chi connectivity index (χ0n) is 12.1. The molecule has 0 radical (unpaired) electrons. The van der Waals surface area contributed by atoms with Crippen molar-refractivity contribution in [1.29, 1.82) is 0 Å². The van der Waals surface area contributed by atoms with Crippen molar-refractivity contribution in [3.8, 4) is 11.6 Å². The molecule has 2 aromatic rings. The smallest absolute Gasteiger partial charge is 0.222 e. The number of halogens is 2. The SMILES string of the molecule is CCC(N)Cc1cnc(Oc2cccc(F)c2F)c(C)c1. The van der Waals surface area contributed by atoms with Crippen LogP contribution in [0.3, 0.4) is 0 Å². The lowest BCUT2D eigenvalue weighted by Crippen LogP contribution is -2.21. The molecule has 0 aliphatic rings. The summed E-state index contributed by atoms with van der Waals surface area (Å²) in [7, 11) is 0. The molecule has 0 fully saturated rings. The Morgan fingerprint density at radius 1 is 1.33 bits per heavy atom. The molecule has 112 valence electrons. The summed E-state index contributed by atoms with van der Waals surface area (Å²) >= 11 is 0. The van der Waals surface area contributed by atoms with Crippen LogP contribution in [0.25, 0.3) is 0 Å². The number of rotatable bonds is 5. The first-order chi connectivity index (χ1) is 10.0. The molecule has 0 saturated heterocycles. The monoisotopic (exact) mass is 292 g/mol. The number of pyridine rings is 1. The third-order valence-corrected chi connectivity index (χ3v) is 3.23. The Balaban J connectivity index is 2.19. The zero-order chi connectivity index (χ0) is 15.4.